The first-order valence-electron chi connectivity index (χ1n) is 12.8. The summed E-state index contributed by atoms with van der Waals surface area (Å²) in [6.07, 6.45) is 1.71. The lowest BCUT2D eigenvalue weighted by Crippen LogP contribution is -2.48. The summed E-state index contributed by atoms with van der Waals surface area (Å²) in [7, 11) is -2.27. The van der Waals surface area contributed by atoms with Crippen LogP contribution < -0.4 is 37.5 Å². The molecule has 0 saturated heterocycles. The fourth-order valence-corrected chi connectivity index (χ4v) is 9.79. The number of aromatic nitrogens is 2. The van der Waals surface area contributed by atoms with Crippen molar-refractivity contribution in [1.82, 2.24) is 9.55 Å². The predicted octanol–water partition coefficient (Wildman–Crippen LogP) is 4.75. The third kappa shape index (κ3) is 5.25. The minimum absolute atomic E-state index is 0.0237. The summed E-state index contributed by atoms with van der Waals surface area (Å²) in [5, 5.41) is 5.36. The average Bonchev–Trinajstić information content (AvgIpc) is 3.01. The average molecular weight is 541 g/mol. The molecule has 39 heavy (non-hydrogen) atoms. The standard InChI is InChI=1S/C34H26N2OP2/c37-34-32(38(28-18-8-2-9-19-28)29-20-10-3-11-21-29)33(35-26-36(34)27-16-6-1-7-17-27)39(30-22-12-4-13-23-30)31-24-14-5-15-25-31/h1-26H. The lowest BCUT2D eigenvalue weighted by Gasteiger charge is -2.26. The Morgan fingerprint density at radius 2 is 0.821 bits per heavy atom. The minimum Gasteiger partial charge on any atom is -0.268 e. The monoisotopic (exact) mass is 540 g/mol. The Morgan fingerprint density at radius 1 is 0.462 bits per heavy atom. The molecule has 5 aromatic carbocycles. The maximum absolute atomic E-state index is 14.7. The van der Waals surface area contributed by atoms with Crippen LogP contribution in [-0.2, 0) is 0 Å². The van der Waals surface area contributed by atoms with E-state index in [0.717, 1.165) is 27.0 Å². The third-order valence-corrected chi connectivity index (χ3v) is 11.5. The normalized spacial score (nSPS) is 11.1. The second-order valence-corrected chi connectivity index (χ2v) is 13.2. The van der Waals surface area contributed by atoms with Gasteiger partial charge in [0.05, 0.1) is 16.4 Å². The predicted molar refractivity (Wildman–Crippen MR) is 167 cm³/mol. The Hall–Kier alpha value is -4.16. The van der Waals surface area contributed by atoms with Crippen LogP contribution in [0, 0.1) is 0 Å². The number of hydrogen-bond acceptors (Lipinski definition) is 2. The van der Waals surface area contributed by atoms with Crippen molar-refractivity contribution in [3.8, 4) is 5.69 Å². The van der Waals surface area contributed by atoms with E-state index < -0.39 is 15.8 Å². The van der Waals surface area contributed by atoms with Gasteiger partial charge in [0.15, 0.2) is 0 Å². The minimum atomic E-state index is -1.19. The van der Waals surface area contributed by atoms with E-state index in [4.69, 9.17) is 4.98 Å². The fraction of sp³-hybridized carbons (Fsp3) is 0. The highest BCUT2D eigenvalue weighted by Crippen LogP contribution is 2.37. The molecule has 0 aliphatic carbocycles. The molecule has 0 radical (unpaired) electrons. The molecule has 6 aromatic rings. The van der Waals surface area contributed by atoms with Gasteiger partial charge in [0.2, 0.25) is 0 Å². The van der Waals surface area contributed by atoms with E-state index in [1.165, 1.54) is 10.6 Å². The second-order valence-electron chi connectivity index (χ2n) is 8.94. The third-order valence-electron chi connectivity index (χ3n) is 6.46. The van der Waals surface area contributed by atoms with E-state index in [0.29, 0.717) is 0 Å². The molecule has 0 unspecified atom stereocenters. The van der Waals surface area contributed by atoms with Gasteiger partial charge in [-0.3, -0.25) is 9.36 Å². The first-order chi connectivity index (χ1) is 19.3. The van der Waals surface area contributed by atoms with Crippen LogP contribution >= 0.6 is 15.8 Å². The molecule has 0 aliphatic rings. The Balaban J connectivity index is 1.70. The van der Waals surface area contributed by atoms with Crippen LogP contribution in [-0.4, -0.2) is 9.55 Å². The van der Waals surface area contributed by atoms with E-state index in [1.807, 2.05) is 54.6 Å². The summed E-state index contributed by atoms with van der Waals surface area (Å²) in [5.41, 5.74) is 1.64. The Morgan fingerprint density at radius 3 is 1.23 bits per heavy atom. The Bertz CT molecular complexity index is 1630. The van der Waals surface area contributed by atoms with Crippen molar-refractivity contribution in [2.45, 2.75) is 0 Å². The number of nitrogens with zero attached hydrogens (tertiary/aromatic N) is 2. The summed E-state index contributed by atoms with van der Waals surface area (Å²) >= 11 is 0. The van der Waals surface area contributed by atoms with Crippen molar-refractivity contribution < 1.29 is 0 Å². The number of para-hydroxylation sites is 1. The molecule has 0 fully saturated rings. The van der Waals surface area contributed by atoms with E-state index in [-0.39, 0.29) is 5.56 Å². The lowest BCUT2D eigenvalue weighted by molar-refractivity contribution is 0.958. The van der Waals surface area contributed by atoms with E-state index in [9.17, 15) is 4.79 Å². The zero-order valence-electron chi connectivity index (χ0n) is 21.2. The second kappa shape index (κ2) is 11.7. The molecule has 188 valence electrons. The number of rotatable bonds is 7. The molecule has 6 rings (SSSR count). The molecule has 0 aliphatic heterocycles. The molecule has 0 saturated carbocycles. The summed E-state index contributed by atoms with van der Waals surface area (Å²) in [6, 6.07) is 51.5. The van der Waals surface area contributed by atoms with Crippen LogP contribution in [0.25, 0.3) is 5.69 Å². The van der Waals surface area contributed by atoms with Crippen molar-refractivity contribution in [2.24, 2.45) is 0 Å². The van der Waals surface area contributed by atoms with Crippen molar-refractivity contribution in [3.63, 3.8) is 0 Å². The van der Waals surface area contributed by atoms with E-state index in [1.54, 1.807) is 10.9 Å². The SMILES string of the molecule is O=c1c(P(c2ccccc2)c2ccccc2)c(P(c2ccccc2)c2ccccc2)ncn1-c1ccccc1. The van der Waals surface area contributed by atoms with Crippen LogP contribution in [0.15, 0.2) is 163 Å². The van der Waals surface area contributed by atoms with Crippen molar-refractivity contribution in [1.29, 1.82) is 0 Å². The molecular formula is C34H26N2OP2. The van der Waals surface area contributed by atoms with Gasteiger partial charge in [-0.25, -0.2) is 4.98 Å². The first-order valence-corrected chi connectivity index (χ1v) is 15.5. The molecule has 0 atom stereocenters. The van der Waals surface area contributed by atoms with Crippen LogP contribution in [0.1, 0.15) is 0 Å². The molecule has 1 heterocycles. The molecule has 0 bridgehead atoms. The van der Waals surface area contributed by atoms with Gasteiger partial charge >= 0.3 is 0 Å². The molecule has 0 spiro atoms. The van der Waals surface area contributed by atoms with Crippen LogP contribution in [0.2, 0.25) is 0 Å². The summed E-state index contributed by atoms with van der Waals surface area (Å²) in [4.78, 5) is 19.8. The molecule has 1 aromatic heterocycles. The van der Waals surface area contributed by atoms with Crippen LogP contribution in [0.3, 0.4) is 0 Å². The quantitative estimate of drug-likeness (QED) is 0.274. The van der Waals surface area contributed by atoms with Gasteiger partial charge in [0, 0.05) is 7.92 Å². The topological polar surface area (TPSA) is 34.9 Å². The number of hydrogen-bond donors (Lipinski definition) is 0. The van der Waals surface area contributed by atoms with Gasteiger partial charge in [-0.2, -0.15) is 0 Å². The maximum atomic E-state index is 14.7. The lowest BCUT2D eigenvalue weighted by atomic mass is 10.3. The van der Waals surface area contributed by atoms with Crippen molar-refractivity contribution in [3.05, 3.63) is 168 Å². The van der Waals surface area contributed by atoms with E-state index in [2.05, 4.69) is 97.1 Å². The largest absolute Gasteiger partial charge is 0.268 e. The highest BCUT2D eigenvalue weighted by atomic mass is 31.1. The van der Waals surface area contributed by atoms with Crippen molar-refractivity contribution >= 4 is 47.8 Å². The number of benzene rings is 5. The van der Waals surface area contributed by atoms with Gasteiger partial charge in [0.25, 0.3) is 5.56 Å². The zero-order chi connectivity index (χ0) is 26.4. The summed E-state index contributed by atoms with van der Waals surface area (Å²) in [6.45, 7) is 0. The summed E-state index contributed by atoms with van der Waals surface area (Å²) < 4.78 is 1.70. The highest BCUT2D eigenvalue weighted by Gasteiger charge is 2.30. The van der Waals surface area contributed by atoms with E-state index >= 15 is 0 Å². The maximum Gasteiger partial charge on any atom is 0.266 e. The van der Waals surface area contributed by atoms with Gasteiger partial charge in [-0.05, 0) is 41.3 Å². The molecule has 0 N–H and O–H groups in total. The molecule has 3 nitrogen and oxygen atoms in total. The van der Waals surface area contributed by atoms with Gasteiger partial charge in [-0.15, -0.1) is 0 Å². The first kappa shape index (κ1) is 25.1. The fourth-order valence-electron chi connectivity index (χ4n) is 4.68. The van der Waals surface area contributed by atoms with Gasteiger partial charge in [0.1, 0.15) is 6.33 Å². The molecule has 0 amide bonds. The smallest absolute Gasteiger partial charge is 0.266 e. The van der Waals surface area contributed by atoms with Crippen molar-refractivity contribution in [2.75, 3.05) is 0 Å². The Labute approximate surface area is 231 Å². The Kier molecular flexibility index (Phi) is 7.54. The molecule has 5 heteroatoms. The molecular weight excluding hydrogens is 514 g/mol. The highest BCUT2D eigenvalue weighted by molar-refractivity contribution is 7.85. The van der Waals surface area contributed by atoms with Gasteiger partial charge in [-0.1, -0.05) is 140 Å². The van der Waals surface area contributed by atoms with Crippen LogP contribution in [0.5, 0.6) is 0 Å². The zero-order valence-corrected chi connectivity index (χ0v) is 23.0. The summed E-state index contributed by atoms with van der Waals surface area (Å²) in [5.74, 6) is 0. The van der Waals surface area contributed by atoms with Gasteiger partial charge < -0.3 is 0 Å². The van der Waals surface area contributed by atoms with Crippen LogP contribution in [0.4, 0.5) is 0 Å².